The third-order valence-electron chi connectivity index (χ3n) is 3.66. The van der Waals surface area contributed by atoms with E-state index in [1.807, 2.05) is 18.2 Å². The van der Waals surface area contributed by atoms with Crippen molar-refractivity contribution < 1.29 is 15.1 Å². The van der Waals surface area contributed by atoms with Crippen molar-refractivity contribution in [2.45, 2.75) is 19.1 Å². The molecule has 0 saturated heterocycles. The van der Waals surface area contributed by atoms with E-state index < -0.39 is 5.72 Å². The van der Waals surface area contributed by atoms with Crippen molar-refractivity contribution in [2.24, 2.45) is 0 Å². The molecule has 0 bridgehead atoms. The number of aliphatic hydroxyl groups is 1. The third kappa shape index (κ3) is 1.45. The lowest BCUT2D eigenvalue weighted by Crippen LogP contribution is -2.46. The lowest BCUT2D eigenvalue weighted by molar-refractivity contribution is -0.267. The number of nitrogens with one attached hydrogen (secondary N) is 1. The molecule has 2 heterocycles. The van der Waals surface area contributed by atoms with Gasteiger partial charge in [-0.15, -0.1) is 0 Å². The molecular weight excluding hydrogens is 232 g/mol. The monoisotopic (exact) mass is 248 g/mol. The molecule has 1 atom stereocenters. The molecule has 3 N–H and O–H groups in total. The molecule has 1 aliphatic rings. The standard InChI is InChI=1S/C13H16N2O3/c1-13(16)12-10(5-6-15(13)17)9-4-3-8(18-2)7-11(9)14-12/h3-4,7,14,16-17H,5-6H2,1-2H3. The normalized spacial score (nSPS) is 24.2. The molecule has 0 radical (unpaired) electrons. The Balaban J connectivity index is 2.24. The van der Waals surface area contributed by atoms with Gasteiger partial charge in [0.1, 0.15) is 5.75 Å². The molecule has 0 saturated carbocycles. The minimum atomic E-state index is -1.38. The minimum absolute atomic E-state index is 0.416. The minimum Gasteiger partial charge on any atom is -0.497 e. The van der Waals surface area contributed by atoms with Crippen LogP contribution < -0.4 is 4.74 Å². The van der Waals surface area contributed by atoms with Gasteiger partial charge in [-0.2, -0.15) is 5.06 Å². The maximum Gasteiger partial charge on any atom is 0.178 e. The Bertz CT molecular complexity index is 604. The van der Waals surface area contributed by atoms with E-state index in [9.17, 15) is 10.3 Å². The zero-order valence-electron chi connectivity index (χ0n) is 10.4. The van der Waals surface area contributed by atoms with Crippen LogP contribution >= 0.6 is 0 Å². The number of benzene rings is 1. The number of hydrogen-bond acceptors (Lipinski definition) is 4. The van der Waals surface area contributed by atoms with E-state index in [-0.39, 0.29) is 0 Å². The van der Waals surface area contributed by atoms with Crippen LogP contribution in [0, 0.1) is 0 Å². The first kappa shape index (κ1) is 11.5. The van der Waals surface area contributed by atoms with Crippen LogP contribution in [0.25, 0.3) is 10.9 Å². The first-order valence-electron chi connectivity index (χ1n) is 5.92. The van der Waals surface area contributed by atoms with Gasteiger partial charge < -0.3 is 20.0 Å². The van der Waals surface area contributed by atoms with Crippen molar-refractivity contribution in [2.75, 3.05) is 13.7 Å². The average Bonchev–Trinajstić information content (AvgIpc) is 2.73. The van der Waals surface area contributed by atoms with Crippen LogP contribution in [-0.4, -0.2) is 34.0 Å². The summed E-state index contributed by atoms with van der Waals surface area (Å²) in [6, 6.07) is 5.77. The van der Waals surface area contributed by atoms with E-state index in [0.717, 1.165) is 27.3 Å². The highest BCUT2D eigenvalue weighted by Gasteiger charge is 2.38. The zero-order chi connectivity index (χ0) is 12.9. The summed E-state index contributed by atoms with van der Waals surface area (Å²) in [6.45, 7) is 2.00. The largest absolute Gasteiger partial charge is 0.497 e. The van der Waals surface area contributed by atoms with E-state index >= 15 is 0 Å². The van der Waals surface area contributed by atoms with Crippen molar-refractivity contribution in [3.05, 3.63) is 29.5 Å². The van der Waals surface area contributed by atoms with Gasteiger partial charge in [0.2, 0.25) is 0 Å². The van der Waals surface area contributed by atoms with Gasteiger partial charge in [-0.05, 0) is 31.0 Å². The van der Waals surface area contributed by atoms with E-state index in [1.54, 1.807) is 14.0 Å². The fourth-order valence-corrected chi connectivity index (χ4v) is 2.59. The zero-order valence-corrected chi connectivity index (χ0v) is 10.4. The lowest BCUT2D eigenvalue weighted by atomic mass is 9.97. The Morgan fingerprint density at radius 1 is 1.44 bits per heavy atom. The van der Waals surface area contributed by atoms with Crippen LogP contribution in [0.5, 0.6) is 5.75 Å². The number of hydroxylamine groups is 2. The van der Waals surface area contributed by atoms with E-state index in [2.05, 4.69) is 4.98 Å². The quantitative estimate of drug-likeness (QED) is 0.717. The Hall–Kier alpha value is -1.56. The van der Waals surface area contributed by atoms with Crippen molar-refractivity contribution in [3.63, 3.8) is 0 Å². The molecular formula is C13H16N2O3. The summed E-state index contributed by atoms with van der Waals surface area (Å²) >= 11 is 0. The first-order chi connectivity index (χ1) is 8.54. The molecule has 2 aromatic rings. The highest BCUT2D eigenvalue weighted by molar-refractivity contribution is 5.86. The Labute approximate surface area is 105 Å². The lowest BCUT2D eigenvalue weighted by Gasteiger charge is -2.35. The summed E-state index contributed by atoms with van der Waals surface area (Å²) in [5, 5.41) is 22.1. The molecule has 96 valence electrons. The second kappa shape index (κ2) is 3.71. The van der Waals surface area contributed by atoms with Crippen molar-refractivity contribution in [1.82, 2.24) is 10.0 Å². The molecule has 3 rings (SSSR count). The number of aromatic nitrogens is 1. The van der Waals surface area contributed by atoms with Gasteiger partial charge in [-0.1, -0.05) is 0 Å². The molecule has 0 spiro atoms. The first-order valence-corrected chi connectivity index (χ1v) is 5.92. The van der Waals surface area contributed by atoms with E-state index in [1.165, 1.54) is 0 Å². The number of rotatable bonds is 1. The number of ether oxygens (including phenoxy) is 1. The van der Waals surface area contributed by atoms with Gasteiger partial charge in [-0.3, -0.25) is 0 Å². The number of nitrogens with zero attached hydrogens (tertiary/aromatic N) is 1. The second-order valence-electron chi connectivity index (χ2n) is 4.78. The maximum absolute atomic E-state index is 10.3. The SMILES string of the molecule is COc1ccc2c3c([nH]c2c1)C(C)(O)N(O)CC3. The van der Waals surface area contributed by atoms with Crippen molar-refractivity contribution in [3.8, 4) is 5.75 Å². The average molecular weight is 248 g/mol. The van der Waals surface area contributed by atoms with Gasteiger partial charge >= 0.3 is 0 Å². The third-order valence-corrected chi connectivity index (χ3v) is 3.66. The Morgan fingerprint density at radius 2 is 2.22 bits per heavy atom. The Morgan fingerprint density at radius 3 is 2.94 bits per heavy atom. The highest BCUT2D eigenvalue weighted by atomic mass is 16.5. The van der Waals surface area contributed by atoms with Gasteiger partial charge in [0, 0.05) is 23.5 Å². The topological polar surface area (TPSA) is 68.7 Å². The van der Waals surface area contributed by atoms with Crippen LogP contribution in [-0.2, 0) is 12.1 Å². The molecule has 5 nitrogen and oxygen atoms in total. The van der Waals surface area contributed by atoms with Gasteiger partial charge in [0.25, 0.3) is 0 Å². The van der Waals surface area contributed by atoms with Crippen LogP contribution in [0.2, 0.25) is 0 Å². The van der Waals surface area contributed by atoms with Crippen molar-refractivity contribution >= 4 is 10.9 Å². The molecule has 18 heavy (non-hydrogen) atoms. The number of H-pyrrole nitrogens is 1. The van der Waals surface area contributed by atoms with E-state index in [0.29, 0.717) is 18.7 Å². The van der Waals surface area contributed by atoms with Gasteiger partial charge in [0.15, 0.2) is 5.72 Å². The fraction of sp³-hybridized carbons (Fsp3) is 0.385. The van der Waals surface area contributed by atoms with E-state index in [4.69, 9.17) is 4.74 Å². The molecule has 0 aliphatic carbocycles. The summed E-state index contributed by atoms with van der Waals surface area (Å²) in [7, 11) is 1.62. The summed E-state index contributed by atoms with van der Waals surface area (Å²) in [4.78, 5) is 3.18. The summed E-state index contributed by atoms with van der Waals surface area (Å²) in [5.41, 5.74) is 1.25. The van der Waals surface area contributed by atoms with Crippen LogP contribution in [0.3, 0.4) is 0 Å². The molecule has 0 fully saturated rings. The number of aromatic amines is 1. The fourth-order valence-electron chi connectivity index (χ4n) is 2.59. The second-order valence-corrected chi connectivity index (χ2v) is 4.78. The maximum atomic E-state index is 10.3. The highest BCUT2D eigenvalue weighted by Crippen LogP contribution is 2.36. The van der Waals surface area contributed by atoms with Crippen molar-refractivity contribution in [1.29, 1.82) is 0 Å². The van der Waals surface area contributed by atoms with Gasteiger partial charge in [0.05, 0.1) is 12.8 Å². The van der Waals surface area contributed by atoms with Gasteiger partial charge in [-0.25, -0.2) is 0 Å². The number of hydrogen-bond donors (Lipinski definition) is 3. The number of fused-ring (bicyclic) bond motifs is 3. The molecule has 0 amide bonds. The molecule has 1 unspecified atom stereocenters. The van der Waals surface area contributed by atoms with Crippen LogP contribution in [0.15, 0.2) is 18.2 Å². The predicted octanol–water partition coefficient (Wildman–Crippen LogP) is 1.59. The van der Waals surface area contributed by atoms with Crippen LogP contribution in [0.4, 0.5) is 0 Å². The summed E-state index contributed by atoms with van der Waals surface area (Å²) in [6.07, 6.45) is 0.703. The smallest absolute Gasteiger partial charge is 0.178 e. The van der Waals surface area contributed by atoms with Crippen LogP contribution in [0.1, 0.15) is 18.2 Å². The Kier molecular flexibility index (Phi) is 2.38. The molecule has 1 aromatic carbocycles. The predicted molar refractivity (Wildman–Crippen MR) is 66.6 cm³/mol. The summed E-state index contributed by atoms with van der Waals surface area (Å²) < 4.78 is 5.19. The number of methoxy groups -OCH3 is 1. The molecule has 1 aliphatic heterocycles. The molecule has 1 aromatic heterocycles. The summed E-state index contributed by atoms with van der Waals surface area (Å²) in [5.74, 6) is 0.765. The molecule has 5 heteroatoms.